The van der Waals surface area contributed by atoms with E-state index in [-0.39, 0.29) is 17.7 Å². The van der Waals surface area contributed by atoms with E-state index < -0.39 is 5.41 Å². The molecule has 1 aliphatic rings. The van der Waals surface area contributed by atoms with Gasteiger partial charge in [-0.2, -0.15) is 5.10 Å². The fourth-order valence-electron chi connectivity index (χ4n) is 3.39. The SMILES string of the molecule is CCOC(=O)C1(C)C/C(=C/N(C)C)C(=O)c2c1nn(C)c2C(C)C. The van der Waals surface area contributed by atoms with Gasteiger partial charge in [-0.25, -0.2) is 0 Å². The highest BCUT2D eigenvalue weighted by atomic mass is 16.5. The Kier molecular flexibility index (Phi) is 4.87. The van der Waals surface area contributed by atoms with Crippen LogP contribution in [0.1, 0.15) is 61.8 Å². The number of rotatable bonds is 4. The summed E-state index contributed by atoms with van der Waals surface area (Å²) in [5.41, 5.74) is 1.61. The second-order valence-corrected chi connectivity index (χ2v) is 7.06. The number of ether oxygens (including phenoxy) is 1. The van der Waals surface area contributed by atoms with Crippen LogP contribution in [0.5, 0.6) is 0 Å². The smallest absolute Gasteiger partial charge is 0.318 e. The Labute approximate surface area is 143 Å². The van der Waals surface area contributed by atoms with Crippen molar-refractivity contribution in [3.8, 4) is 0 Å². The first-order valence-corrected chi connectivity index (χ1v) is 8.29. The Bertz CT molecular complexity index is 701. The van der Waals surface area contributed by atoms with Crippen LogP contribution in [0.4, 0.5) is 0 Å². The molecule has 6 nitrogen and oxygen atoms in total. The predicted molar refractivity (Wildman–Crippen MR) is 92.0 cm³/mol. The van der Waals surface area contributed by atoms with Gasteiger partial charge in [0.2, 0.25) is 0 Å². The highest BCUT2D eigenvalue weighted by Crippen LogP contribution is 2.42. The number of Topliss-reactive ketones (excluding diaryl/α,β-unsaturated/α-hetero) is 1. The second-order valence-electron chi connectivity index (χ2n) is 7.06. The zero-order chi connectivity index (χ0) is 18.2. The number of aryl methyl sites for hydroxylation is 1. The van der Waals surface area contributed by atoms with Crippen LogP contribution >= 0.6 is 0 Å². The molecule has 0 aliphatic heterocycles. The molecule has 1 heterocycles. The minimum absolute atomic E-state index is 0.0442. The Hall–Kier alpha value is -2.11. The van der Waals surface area contributed by atoms with Crippen molar-refractivity contribution in [1.82, 2.24) is 14.7 Å². The number of hydrogen-bond acceptors (Lipinski definition) is 5. The number of esters is 1. The standard InChI is InChI=1S/C18H27N3O3/c1-8-24-17(23)18(4)9-12(10-20(5)6)15(22)13-14(11(2)3)21(7)19-16(13)18/h10-11H,8-9H2,1-7H3/b12-10-. The summed E-state index contributed by atoms with van der Waals surface area (Å²) in [4.78, 5) is 27.6. The van der Waals surface area contributed by atoms with Crippen molar-refractivity contribution in [1.29, 1.82) is 0 Å². The summed E-state index contributed by atoms with van der Waals surface area (Å²) in [7, 11) is 5.55. The van der Waals surface area contributed by atoms with Crippen molar-refractivity contribution in [2.45, 2.75) is 45.4 Å². The van der Waals surface area contributed by atoms with Crippen LogP contribution in [-0.4, -0.2) is 47.1 Å². The molecule has 0 bridgehead atoms. The third kappa shape index (κ3) is 2.85. The molecule has 0 saturated carbocycles. The van der Waals surface area contributed by atoms with Gasteiger partial charge in [0.15, 0.2) is 5.78 Å². The van der Waals surface area contributed by atoms with Crippen LogP contribution in [0.2, 0.25) is 0 Å². The highest BCUT2D eigenvalue weighted by Gasteiger charge is 2.49. The Morgan fingerprint density at radius 3 is 2.58 bits per heavy atom. The van der Waals surface area contributed by atoms with Crippen LogP contribution in [0.3, 0.4) is 0 Å². The van der Waals surface area contributed by atoms with Crippen molar-refractivity contribution in [3.05, 3.63) is 28.7 Å². The Balaban J connectivity index is 2.74. The van der Waals surface area contributed by atoms with Gasteiger partial charge in [-0.15, -0.1) is 0 Å². The third-order valence-corrected chi connectivity index (χ3v) is 4.36. The minimum Gasteiger partial charge on any atom is -0.465 e. The maximum absolute atomic E-state index is 13.1. The number of hydrogen-bond donors (Lipinski definition) is 0. The van der Waals surface area contributed by atoms with Gasteiger partial charge in [-0.1, -0.05) is 13.8 Å². The third-order valence-electron chi connectivity index (χ3n) is 4.36. The second kappa shape index (κ2) is 6.42. The molecule has 0 aromatic carbocycles. The molecule has 1 aromatic heterocycles. The van der Waals surface area contributed by atoms with Crippen LogP contribution in [0.25, 0.3) is 0 Å². The topological polar surface area (TPSA) is 64.4 Å². The number of carbonyl (C=O) groups is 2. The highest BCUT2D eigenvalue weighted by molar-refractivity contribution is 6.13. The van der Waals surface area contributed by atoms with Gasteiger partial charge in [-0.3, -0.25) is 14.3 Å². The summed E-state index contributed by atoms with van der Waals surface area (Å²) in [6.45, 7) is 7.95. The maximum Gasteiger partial charge on any atom is 0.318 e. The average molecular weight is 333 g/mol. The van der Waals surface area contributed by atoms with E-state index in [0.29, 0.717) is 29.9 Å². The molecule has 6 heteroatoms. The molecule has 0 radical (unpaired) electrons. The quantitative estimate of drug-likeness (QED) is 0.625. The summed E-state index contributed by atoms with van der Waals surface area (Å²) in [5, 5.41) is 4.55. The molecule has 2 rings (SSSR count). The van der Waals surface area contributed by atoms with Crippen molar-refractivity contribution < 1.29 is 14.3 Å². The lowest BCUT2D eigenvalue weighted by atomic mass is 9.71. The average Bonchev–Trinajstić information content (AvgIpc) is 2.82. The number of fused-ring (bicyclic) bond motifs is 1. The molecule has 0 N–H and O–H groups in total. The van der Waals surface area contributed by atoms with E-state index in [1.807, 2.05) is 46.8 Å². The lowest BCUT2D eigenvalue weighted by Crippen LogP contribution is -2.41. The number of allylic oxidation sites excluding steroid dienone is 1. The van der Waals surface area contributed by atoms with Gasteiger partial charge in [-0.05, 0) is 26.2 Å². The largest absolute Gasteiger partial charge is 0.465 e. The molecule has 1 atom stereocenters. The molecule has 0 spiro atoms. The molecule has 0 amide bonds. The maximum atomic E-state index is 13.1. The fourth-order valence-corrected chi connectivity index (χ4v) is 3.39. The van der Waals surface area contributed by atoms with E-state index in [2.05, 4.69) is 5.10 Å². The van der Waals surface area contributed by atoms with Gasteiger partial charge in [0, 0.05) is 32.9 Å². The van der Waals surface area contributed by atoms with Crippen LogP contribution in [0.15, 0.2) is 11.8 Å². The summed E-state index contributed by atoms with van der Waals surface area (Å²) >= 11 is 0. The van der Waals surface area contributed by atoms with Crippen molar-refractivity contribution in [3.63, 3.8) is 0 Å². The molecule has 1 aliphatic carbocycles. The van der Waals surface area contributed by atoms with Gasteiger partial charge in [0.1, 0.15) is 5.41 Å². The molecule has 0 saturated heterocycles. The summed E-state index contributed by atoms with van der Waals surface area (Å²) in [6.07, 6.45) is 2.09. The monoisotopic (exact) mass is 333 g/mol. The summed E-state index contributed by atoms with van der Waals surface area (Å²) in [6, 6.07) is 0. The number of ketones is 1. The lowest BCUT2D eigenvalue weighted by molar-refractivity contribution is -0.149. The van der Waals surface area contributed by atoms with Crippen LogP contribution in [-0.2, 0) is 22.0 Å². The Morgan fingerprint density at radius 2 is 2.08 bits per heavy atom. The van der Waals surface area contributed by atoms with Crippen molar-refractivity contribution >= 4 is 11.8 Å². The molecule has 132 valence electrons. The summed E-state index contributed by atoms with van der Waals surface area (Å²) in [5.74, 6) is -0.255. The van der Waals surface area contributed by atoms with Gasteiger partial charge in [0.05, 0.1) is 23.6 Å². The molecule has 0 fully saturated rings. The lowest BCUT2D eigenvalue weighted by Gasteiger charge is -2.31. The number of nitrogens with zero attached hydrogens (tertiary/aromatic N) is 3. The van der Waals surface area contributed by atoms with Gasteiger partial charge in [0.25, 0.3) is 0 Å². The zero-order valence-corrected chi connectivity index (χ0v) is 15.6. The molecule has 1 unspecified atom stereocenters. The van der Waals surface area contributed by atoms with E-state index in [1.54, 1.807) is 17.8 Å². The van der Waals surface area contributed by atoms with E-state index in [1.165, 1.54) is 0 Å². The molecule has 1 aromatic rings. The first-order valence-electron chi connectivity index (χ1n) is 8.29. The van der Waals surface area contributed by atoms with E-state index in [9.17, 15) is 9.59 Å². The number of aromatic nitrogens is 2. The minimum atomic E-state index is -0.952. The fraction of sp³-hybridized carbons (Fsp3) is 0.611. The zero-order valence-electron chi connectivity index (χ0n) is 15.6. The van der Waals surface area contributed by atoms with E-state index in [4.69, 9.17) is 4.74 Å². The molecule has 24 heavy (non-hydrogen) atoms. The van der Waals surface area contributed by atoms with Gasteiger partial charge >= 0.3 is 5.97 Å². The van der Waals surface area contributed by atoms with Crippen molar-refractivity contribution in [2.24, 2.45) is 7.05 Å². The first-order chi connectivity index (χ1) is 11.1. The van der Waals surface area contributed by atoms with Crippen LogP contribution < -0.4 is 0 Å². The normalized spacial score (nSPS) is 22.0. The van der Waals surface area contributed by atoms with Gasteiger partial charge < -0.3 is 9.64 Å². The Morgan fingerprint density at radius 1 is 1.46 bits per heavy atom. The summed E-state index contributed by atoms with van der Waals surface area (Å²) < 4.78 is 7.02. The number of carbonyl (C=O) groups excluding carboxylic acids is 2. The predicted octanol–water partition coefficient (Wildman–Crippen LogP) is 2.40. The van der Waals surface area contributed by atoms with E-state index >= 15 is 0 Å². The first kappa shape index (κ1) is 18.2. The molecular weight excluding hydrogens is 306 g/mol. The van der Waals surface area contributed by atoms with Crippen molar-refractivity contribution in [2.75, 3.05) is 20.7 Å². The van der Waals surface area contributed by atoms with Crippen LogP contribution in [0, 0.1) is 0 Å². The van der Waals surface area contributed by atoms with E-state index in [0.717, 1.165) is 5.69 Å². The molecular formula is C18H27N3O3.